The monoisotopic (exact) mass is 310 g/mol. The molecule has 1 heterocycles. The second kappa shape index (κ2) is 6.33. The molecule has 1 spiro atoms. The van der Waals surface area contributed by atoms with Gasteiger partial charge in [0.1, 0.15) is 12.1 Å². The van der Waals surface area contributed by atoms with Gasteiger partial charge in [-0.1, -0.05) is 19.3 Å². The van der Waals surface area contributed by atoms with E-state index in [4.69, 9.17) is 0 Å². The van der Waals surface area contributed by atoms with E-state index in [2.05, 4.69) is 10.6 Å². The lowest BCUT2D eigenvalue weighted by Crippen LogP contribution is -2.50. The maximum Gasteiger partial charge on any atom is 0.327 e. The predicted octanol–water partition coefficient (Wildman–Crippen LogP) is 0.429. The van der Waals surface area contributed by atoms with Crippen molar-refractivity contribution < 1.29 is 19.2 Å². The minimum atomic E-state index is -0.804. The molecule has 0 aromatic carbocycles. The number of carbonyl (C=O) groups excluding carboxylic acids is 4. The Hall–Kier alpha value is -2.12. The number of nitrogens with one attached hydrogen (secondary N) is 2. The first kappa shape index (κ1) is 16.3. The summed E-state index contributed by atoms with van der Waals surface area (Å²) in [7, 11) is 1.60. The standard InChI is InChI=1S/C14H22N4O4/c1-3-15-12(21)16-10(19)9-18-11(20)14(17(2)13(18)22)7-5-4-6-8-14/h3-9H2,1-2H3,(H2,15,16,19,21). The van der Waals surface area contributed by atoms with E-state index in [1.165, 1.54) is 4.90 Å². The molecule has 1 saturated carbocycles. The van der Waals surface area contributed by atoms with Crippen LogP contribution in [0.2, 0.25) is 0 Å². The summed E-state index contributed by atoms with van der Waals surface area (Å²) in [6.07, 6.45) is 4.09. The molecule has 2 aliphatic rings. The van der Waals surface area contributed by atoms with Crippen molar-refractivity contribution in [2.75, 3.05) is 20.1 Å². The summed E-state index contributed by atoms with van der Waals surface area (Å²) in [5, 5.41) is 4.52. The van der Waals surface area contributed by atoms with Gasteiger partial charge in [0.2, 0.25) is 5.91 Å². The van der Waals surface area contributed by atoms with E-state index >= 15 is 0 Å². The molecule has 22 heavy (non-hydrogen) atoms. The van der Waals surface area contributed by atoms with Crippen LogP contribution in [0.5, 0.6) is 0 Å². The second-order valence-corrected chi connectivity index (χ2v) is 5.73. The highest BCUT2D eigenvalue weighted by Gasteiger charge is 2.55. The maximum atomic E-state index is 12.6. The van der Waals surface area contributed by atoms with Crippen LogP contribution in [0.25, 0.3) is 0 Å². The predicted molar refractivity (Wildman–Crippen MR) is 77.9 cm³/mol. The molecule has 0 bridgehead atoms. The molecule has 1 aliphatic carbocycles. The summed E-state index contributed by atoms with van der Waals surface area (Å²) >= 11 is 0. The molecule has 6 amide bonds. The first-order valence-corrected chi connectivity index (χ1v) is 7.60. The molecule has 8 heteroatoms. The van der Waals surface area contributed by atoms with Crippen LogP contribution >= 0.6 is 0 Å². The summed E-state index contributed by atoms with van der Waals surface area (Å²) in [5.74, 6) is -1.00. The number of rotatable bonds is 3. The van der Waals surface area contributed by atoms with Gasteiger partial charge in [-0.15, -0.1) is 0 Å². The van der Waals surface area contributed by atoms with Crippen LogP contribution in [-0.4, -0.2) is 59.4 Å². The largest absolute Gasteiger partial charge is 0.338 e. The molecule has 0 radical (unpaired) electrons. The van der Waals surface area contributed by atoms with Gasteiger partial charge in [0.05, 0.1) is 0 Å². The van der Waals surface area contributed by atoms with Crippen LogP contribution in [0.15, 0.2) is 0 Å². The Bertz CT molecular complexity index is 499. The SMILES string of the molecule is CCNC(=O)NC(=O)CN1C(=O)N(C)C2(CCCCC2)C1=O. The van der Waals surface area contributed by atoms with Gasteiger partial charge in [-0.2, -0.15) is 0 Å². The summed E-state index contributed by atoms with van der Waals surface area (Å²) in [4.78, 5) is 50.4. The quantitative estimate of drug-likeness (QED) is 0.738. The average molecular weight is 310 g/mol. The zero-order chi connectivity index (χ0) is 16.3. The van der Waals surface area contributed by atoms with Crippen LogP contribution in [0.3, 0.4) is 0 Å². The molecule has 0 aromatic rings. The number of hydrogen-bond acceptors (Lipinski definition) is 4. The van der Waals surface area contributed by atoms with Crippen molar-refractivity contribution in [2.45, 2.75) is 44.6 Å². The van der Waals surface area contributed by atoms with Gasteiger partial charge < -0.3 is 10.2 Å². The Labute approximate surface area is 129 Å². The normalized spacial score (nSPS) is 20.5. The highest BCUT2D eigenvalue weighted by atomic mass is 16.2. The zero-order valence-corrected chi connectivity index (χ0v) is 13.0. The van der Waals surface area contributed by atoms with Crippen LogP contribution in [0.4, 0.5) is 9.59 Å². The first-order valence-electron chi connectivity index (χ1n) is 7.60. The van der Waals surface area contributed by atoms with Crippen molar-refractivity contribution in [3.8, 4) is 0 Å². The van der Waals surface area contributed by atoms with Crippen molar-refractivity contribution in [3.63, 3.8) is 0 Å². The number of amides is 6. The lowest BCUT2D eigenvalue weighted by molar-refractivity contribution is -0.137. The van der Waals surface area contributed by atoms with Gasteiger partial charge >= 0.3 is 12.1 Å². The second-order valence-electron chi connectivity index (χ2n) is 5.73. The Kier molecular flexibility index (Phi) is 4.68. The van der Waals surface area contributed by atoms with Gasteiger partial charge in [-0.05, 0) is 19.8 Å². The molecule has 1 aliphatic heterocycles. The molecule has 0 aromatic heterocycles. The lowest BCUT2D eigenvalue weighted by Gasteiger charge is -2.35. The van der Waals surface area contributed by atoms with Crippen LogP contribution in [-0.2, 0) is 9.59 Å². The number of nitrogens with zero attached hydrogens (tertiary/aromatic N) is 2. The Morgan fingerprint density at radius 2 is 1.82 bits per heavy atom. The lowest BCUT2D eigenvalue weighted by atomic mass is 9.81. The topological polar surface area (TPSA) is 98.8 Å². The molecule has 0 atom stereocenters. The van der Waals surface area contributed by atoms with E-state index in [0.29, 0.717) is 19.4 Å². The Morgan fingerprint density at radius 1 is 1.18 bits per heavy atom. The molecule has 2 fully saturated rings. The summed E-state index contributed by atoms with van der Waals surface area (Å²) < 4.78 is 0. The van der Waals surface area contributed by atoms with Gasteiger partial charge in [0.15, 0.2) is 0 Å². The van der Waals surface area contributed by atoms with Gasteiger partial charge in [-0.3, -0.25) is 19.8 Å². The van der Waals surface area contributed by atoms with Crippen molar-refractivity contribution in [3.05, 3.63) is 0 Å². The van der Waals surface area contributed by atoms with Gasteiger partial charge in [0, 0.05) is 13.6 Å². The number of urea groups is 2. The molecular weight excluding hydrogens is 288 g/mol. The van der Waals surface area contributed by atoms with E-state index < -0.39 is 30.1 Å². The van der Waals surface area contributed by atoms with Crippen molar-refractivity contribution in [2.24, 2.45) is 0 Å². The number of hydrogen-bond donors (Lipinski definition) is 2. The summed E-state index contributed by atoms with van der Waals surface area (Å²) in [5.41, 5.74) is -0.804. The minimum absolute atomic E-state index is 0.328. The van der Waals surface area contributed by atoms with Crippen LogP contribution in [0, 0.1) is 0 Å². The number of likely N-dealkylation sites (N-methyl/N-ethyl adjacent to an activating group) is 1. The van der Waals surface area contributed by atoms with Gasteiger partial charge in [-0.25, -0.2) is 9.59 Å². The summed E-state index contributed by atoms with van der Waals surface area (Å²) in [6.45, 7) is 1.67. The minimum Gasteiger partial charge on any atom is -0.338 e. The highest BCUT2D eigenvalue weighted by Crippen LogP contribution is 2.39. The summed E-state index contributed by atoms with van der Waals surface area (Å²) in [6, 6.07) is -1.11. The van der Waals surface area contributed by atoms with E-state index in [1.54, 1.807) is 14.0 Å². The fraction of sp³-hybridized carbons (Fsp3) is 0.714. The molecule has 0 unspecified atom stereocenters. The maximum absolute atomic E-state index is 12.6. The van der Waals surface area contributed by atoms with E-state index in [-0.39, 0.29) is 5.91 Å². The smallest absolute Gasteiger partial charge is 0.327 e. The van der Waals surface area contributed by atoms with Crippen LogP contribution in [0.1, 0.15) is 39.0 Å². The Balaban J connectivity index is 2.05. The molecule has 2 rings (SSSR count). The third kappa shape index (κ3) is 2.77. The van der Waals surface area contributed by atoms with Crippen molar-refractivity contribution >= 4 is 23.9 Å². The Morgan fingerprint density at radius 3 is 2.41 bits per heavy atom. The fourth-order valence-electron chi connectivity index (χ4n) is 3.19. The zero-order valence-electron chi connectivity index (χ0n) is 13.0. The van der Waals surface area contributed by atoms with Gasteiger partial charge in [0.25, 0.3) is 5.91 Å². The van der Waals surface area contributed by atoms with E-state index in [9.17, 15) is 19.2 Å². The van der Waals surface area contributed by atoms with E-state index in [1.807, 2.05) is 0 Å². The molecule has 122 valence electrons. The third-order valence-electron chi connectivity index (χ3n) is 4.38. The van der Waals surface area contributed by atoms with Crippen molar-refractivity contribution in [1.29, 1.82) is 0 Å². The third-order valence-corrected chi connectivity index (χ3v) is 4.38. The molecule has 1 saturated heterocycles. The fourth-order valence-corrected chi connectivity index (χ4v) is 3.19. The van der Waals surface area contributed by atoms with Crippen LogP contribution < -0.4 is 10.6 Å². The molecule has 8 nitrogen and oxygen atoms in total. The first-order chi connectivity index (χ1) is 10.4. The van der Waals surface area contributed by atoms with Crippen molar-refractivity contribution in [1.82, 2.24) is 20.4 Å². The molecular formula is C14H22N4O4. The van der Waals surface area contributed by atoms with E-state index in [0.717, 1.165) is 24.2 Å². The highest BCUT2D eigenvalue weighted by molar-refractivity contribution is 6.09. The molecule has 2 N–H and O–H groups in total. The average Bonchev–Trinajstić information content (AvgIpc) is 2.65. The number of imide groups is 2. The number of carbonyl (C=O) groups is 4.